The van der Waals surface area contributed by atoms with Crippen LogP contribution in [0.5, 0.6) is 5.88 Å². The highest BCUT2D eigenvalue weighted by Crippen LogP contribution is 2.39. The summed E-state index contributed by atoms with van der Waals surface area (Å²) in [6, 6.07) is 11.2. The van der Waals surface area contributed by atoms with Gasteiger partial charge in [-0.3, -0.25) is 4.79 Å². The highest BCUT2D eigenvalue weighted by Gasteiger charge is 2.41. The first-order valence-electron chi connectivity index (χ1n) is 12.5. The highest BCUT2D eigenvalue weighted by molar-refractivity contribution is 7.90. The van der Waals surface area contributed by atoms with Crippen molar-refractivity contribution in [2.24, 2.45) is 5.92 Å². The van der Waals surface area contributed by atoms with Gasteiger partial charge in [-0.25, -0.2) is 19.7 Å². The topological polar surface area (TPSA) is 140 Å². The normalized spacial score (nSPS) is 17.0. The predicted octanol–water partition coefficient (Wildman–Crippen LogP) is 3.96. The van der Waals surface area contributed by atoms with E-state index < -0.39 is 15.9 Å². The zero-order chi connectivity index (χ0) is 27.8. The molecule has 1 unspecified atom stereocenters. The number of amides is 1. The zero-order valence-corrected chi connectivity index (χ0v) is 23.3. The van der Waals surface area contributed by atoms with Gasteiger partial charge in [0.25, 0.3) is 15.9 Å². The molecule has 4 heterocycles. The van der Waals surface area contributed by atoms with Crippen molar-refractivity contribution >= 4 is 27.6 Å². The number of ether oxygens (including phenoxy) is 1. The van der Waals surface area contributed by atoms with Crippen LogP contribution in [-0.2, 0) is 10.0 Å². The Hall–Kier alpha value is -3.73. The van der Waals surface area contributed by atoms with Gasteiger partial charge < -0.3 is 15.4 Å². The Labute approximate surface area is 223 Å². The van der Waals surface area contributed by atoms with Crippen LogP contribution in [0.3, 0.4) is 0 Å². The van der Waals surface area contributed by atoms with Gasteiger partial charge in [0, 0.05) is 29.4 Å². The molecular formula is C27H34N6O4S. The van der Waals surface area contributed by atoms with E-state index in [4.69, 9.17) is 15.5 Å². The second kappa shape index (κ2) is 10.2. The van der Waals surface area contributed by atoms with Crippen molar-refractivity contribution in [3.8, 4) is 17.1 Å². The Balaban J connectivity index is 1.79. The molecule has 0 saturated carbocycles. The number of nitrogens with two attached hydrogens (primary N) is 1. The number of pyridine rings is 3. The van der Waals surface area contributed by atoms with E-state index in [1.165, 1.54) is 18.2 Å². The van der Waals surface area contributed by atoms with E-state index in [0.29, 0.717) is 29.9 Å². The molecule has 3 aromatic heterocycles. The molecule has 10 nitrogen and oxygen atoms in total. The molecule has 4 rings (SSSR count). The lowest BCUT2D eigenvalue weighted by molar-refractivity contribution is 0.0981. The molecule has 38 heavy (non-hydrogen) atoms. The zero-order valence-electron chi connectivity index (χ0n) is 22.5. The number of anilines is 2. The van der Waals surface area contributed by atoms with Crippen LogP contribution < -0.4 is 20.1 Å². The summed E-state index contributed by atoms with van der Waals surface area (Å²) >= 11 is 0. The van der Waals surface area contributed by atoms with Crippen LogP contribution >= 0.6 is 0 Å². The molecule has 0 spiro atoms. The number of carbonyl (C=O) groups excluding carboxylic acids is 1. The summed E-state index contributed by atoms with van der Waals surface area (Å²) in [5.41, 5.74) is 7.64. The van der Waals surface area contributed by atoms with Crippen LogP contribution in [0.4, 0.5) is 11.6 Å². The molecule has 11 heteroatoms. The molecule has 1 atom stereocenters. The van der Waals surface area contributed by atoms with Crippen LogP contribution in [0.1, 0.15) is 57.1 Å². The molecule has 1 aliphatic rings. The highest BCUT2D eigenvalue weighted by atomic mass is 32.2. The third kappa shape index (κ3) is 5.57. The number of rotatable bonds is 7. The van der Waals surface area contributed by atoms with Gasteiger partial charge in [-0.2, -0.15) is 8.42 Å². The molecule has 1 amide bonds. The van der Waals surface area contributed by atoms with Crippen molar-refractivity contribution in [1.82, 2.24) is 19.7 Å². The molecule has 1 aliphatic heterocycles. The van der Waals surface area contributed by atoms with Gasteiger partial charge in [0.2, 0.25) is 5.88 Å². The maximum absolute atomic E-state index is 13.4. The molecule has 1 fully saturated rings. The summed E-state index contributed by atoms with van der Waals surface area (Å²) in [6.45, 7) is 12.8. The van der Waals surface area contributed by atoms with Gasteiger partial charge in [0.1, 0.15) is 11.6 Å². The summed E-state index contributed by atoms with van der Waals surface area (Å²) in [4.78, 5) is 28.7. The van der Waals surface area contributed by atoms with E-state index in [0.717, 1.165) is 17.7 Å². The third-order valence-corrected chi connectivity index (χ3v) is 8.12. The molecule has 0 aliphatic carbocycles. The summed E-state index contributed by atoms with van der Waals surface area (Å²) in [6.07, 6.45) is 0.863. The average Bonchev–Trinajstić information content (AvgIpc) is 3.09. The van der Waals surface area contributed by atoms with E-state index in [1.54, 1.807) is 12.1 Å². The molecular weight excluding hydrogens is 504 g/mol. The van der Waals surface area contributed by atoms with Crippen molar-refractivity contribution in [3.63, 3.8) is 0 Å². The Morgan fingerprint density at radius 1 is 1.16 bits per heavy atom. The maximum atomic E-state index is 13.4. The van der Waals surface area contributed by atoms with E-state index in [2.05, 4.69) is 40.4 Å². The minimum absolute atomic E-state index is 0.0355. The number of sulfonamides is 1. The van der Waals surface area contributed by atoms with Crippen LogP contribution in [0, 0.1) is 12.8 Å². The van der Waals surface area contributed by atoms with Gasteiger partial charge in [-0.05, 0) is 77.3 Å². The van der Waals surface area contributed by atoms with Crippen molar-refractivity contribution in [1.29, 1.82) is 0 Å². The van der Waals surface area contributed by atoms with Crippen molar-refractivity contribution in [2.75, 3.05) is 17.2 Å². The molecule has 0 aromatic carbocycles. The van der Waals surface area contributed by atoms with Crippen LogP contribution in [0.15, 0.2) is 47.5 Å². The molecule has 1 saturated heterocycles. The number of nitrogen functional groups attached to an aromatic ring is 1. The molecule has 202 valence electrons. The number of hydrogen-bond donors (Lipinski definition) is 2. The van der Waals surface area contributed by atoms with Gasteiger partial charge in [-0.15, -0.1) is 0 Å². The quantitative estimate of drug-likeness (QED) is 0.457. The van der Waals surface area contributed by atoms with Crippen molar-refractivity contribution in [2.45, 2.75) is 64.6 Å². The summed E-state index contributed by atoms with van der Waals surface area (Å²) in [7, 11) is -4.26. The molecule has 3 N–H and O–H groups in total. The Kier molecular flexibility index (Phi) is 7.33. The average molecular weight is 539 g/mol. The molecule has 0 radical (unpaired) electrons. The van der Waals surface area contributed by atoms with Gasteiger partial charge in [-0.1, -0.05) is 13.0 Å². The number of aromatic nitrogens is 3. The monoisotopic (exact) mass is 538 g/mol. The maximum Gasteiger partial charge on any atom is 0.281 e. The van der Waals surface area contributed by atoms with Crippen LogP contribution in [-0.4, -0.2) is 47.5 Å². The lowest BCUT2D eigenvalue weighted by Crippen LogP contribution is -2.43. The Morgan fingerprint density at radius 2 is 1.89 bits per heavy atom. The smallest absolute Gasteiger partial charge is 0.281 e. The molecule has 0 bridgehead atoms. The second-order valence-electron chi connectivity index (χ2n) is 10.4. The predicted molar refractivity (Wildman–Crippen MR) is 146 cm³/mol. The van der Waals surface area contributed by atoms with Crippen molar-refractivity contribution in [3.05, 3.63) is 53.7 Å². The summed E-state index contributed by atoms with van der Waals surface area (Å²) < 4.78 is 33.8. The van der Waals surface area contributed by atoms with E-state index in [-0.39, 0.29) is 28.1 Å². The van der Waals surface area contributed by atoms with Gasteiger partial charge in [0.15, 0.2) is 5.03 Å². The van der Waals surface area contributed by atoms with E-state index >= 15 is 0 Å². The first-order chi connectivity index (χ1) is 17.8. The fourth-order valence-electron chi connectivity index (χ4n) is 4.50. The van der Waals surface area contributed by atoms with Crippen LogP contribution in [0.2, 0.25) is 0 Å². The second-order valence-corrected chi connectivity index (χ2v) is 12.0. The lowest BCUT2D eigenvalue weighted by Gasteiger charge is -2.36. The fraction of sp³-hybridized carbons (Fsp3) is 0.407. The number of hydrogen-bond acceptors (Lipinski definition) is 9. The Bertz CT molecular complexity index is 1470. The first kappa shape index (κ1) is 27.3. The van der Waals surface area contributed by atoms with E-state index in [9.17, 15) is 13.2 Å². The minimum atomic E-state index is -4.26. The minimum Gasteiger partial charge on any atom is -0.475 e. The fourth-order valence-corrected chi connectivity index (χ4v) is 5.44. The SMILES string of the molecule is Cc1cc(-c2ccc(C(=O)NS(=O)(=O)c3cccc(N)n3)c(N3CCC(C)C3(C)C)n2)cc(OC(C)C)n1. The third-order valence-electron chi connectivity index (χ3n) is 6.89. The largest absolute Gasteiger partial charge is 0.475 e. The van der Waals surface area contributed by atoms with Crippen molar-refractivity contribution < 1.29 is 17.9 Å². The summed E-state index contributed by atoms with van der Waals surface area (Å²) in [5, 5.41) is -0.336. The molecule has 3 aromatic rings. The number of nitrogens with one attached hydrogen (secondary N) is 1. The number of carbonyl (C=O) groups is 1. The first-order valence-corrected chi connectivity index (χ1v) is 14.0. The number of aryl methyl sites for hydroxylation is 1. The van der Waals surface area contributed by atoms with Gasteiger partial charge in [0.05, 0.1) is 17.4 Å². The van der Waals surface area contributed by atoms with Crippen LogP contribution in [0.25, 0.3) is 11.3 Å². The summed E-state index contributed by atoms with van der Waals surface area (Å²) in [5.74, 6) is 0.460. The Morgan fingerprint density at radius 3 is 2.53 bits per heavy atom. The standard InChI is InChI=1S/C27H34N6O4S/c1-16(2)37-23-15-19(14-18(4)29-23)21-11-10-20(25(30-21)33-13-12-17(3)27(33,5)6)26(34)32-38(35,36)24-9-7-8-22(28)31-24/h7-11,14-17H,12-13H2,1-6H3,(H2,28,31)(H,32,34). The lowest BCUT2D eigenvalue weighted by atomic mass is 9.90. The van der Waals surface area contributed by atoms with Gasteiger partial charge >= 0.3 is 0 Å². The van der Waals surface area contributed by atoms with E-state index in [1.807, 2.05) is 32.9 Å². The number of nitrogens with zero attached hydrogens (tertiary/aromatic N) is 4.